The third kappa shape index (κ3) is 3.65. The largest absolute Gasteiger partial charge is 0.478 e. The van der Waals surface area contributed by atoms with E-state index in [1.165, 1.54) is 12.2 Å². The van der Waals surface area contributed by atoms with Gasteiger partial charge in [0.05, 0.1) is 5.57 Å². The predicted molar refractivity (Wildman–Crippen MR) is 61.4 cm³/mol. The van der Waals surface area contributed by atoms with E-state index >= 15 is 0 Å². The molecule has 0 aliphatic carbocycles. The second-order valence-corrected chi connectivity index (χ2v) is 2.91. The molecule has 0 heterocycles. The Balaban J connectivity index is 2.84. The lowest BCUT2D eigenvalue weighted by Gasteiger charge is -1.93. The second-order valence-electron chi connectivity index (χ2n) is 2.91. The molecule has 0 saturated carbocycles. The zero-order chi connectivity index (χ0) is 11.1. The monoisotopic (exact) mass is 200 g/mol. The Kier molecular flexibility index (Phi) is 4.10. The molecule has 0 fully saturated rings. The maximum atomic E-state index is 10.7. The smallest absolute Gasteiger partial charge is 0.335 e. The van der Waals surface area contributed by atoms with Crippen molar-refractivity contribution in [3.05, 3.63) is 66.3 Å². The molecule has 1 N–H and O–H groups in total. The minimum atomic E-state index is -0.956. The number of allylic oxidation sites excluding steroid dienone is 2. The van der Waals surface area contributed by atoms with Gasteiger partial charge < -0.3 is 5.11 Å². The summed E-state index contributed by atoms with van der Waals surface area (Å²) >= 11 is 0. The van der Waals surface area contributed by atoms with Gasteiger partial charge in [-0.3, -0.25) is 0 Å². The lowest BCUT2D eigenvalue weighted by atomic mass is 10.1. The van der Waals surface area contributed by atoms with E-state index in [1.807, 2.05) is 30.3 Å². The summed E-state index contributed by atoms with van der Waals surface area (Å²) in [7, 11) is 0. The van der Waals surface area contributed by atoms with Gasteiger partial charge in [0.1, 0.15) is 0 Å². The molecule has 15 heavy (non-hydrogen) atoms. The maximum absolute atomic E-state index is 10.7. The van der Waals surface area contributed by atoms with Crippen molar-refractivity contribution in [2.75, 3.05) is 0 Å². The fourth-order valence-corrected chi connectivity index (χ4v) is 1.08. The van der Waals surface area contributed by atoms with Gasteiger partial charge in [-0.1, -0.05) is 49.1 Å². The van der Waals surface area contributed by atoms with E-state index in [0.29, 0.717) is 0 Å². The molecule has 76 valence electrons. The number of carboxylic acid groups (broad SMARTS) is 1. The summed E-state index contributed by atoms with van der Waals surface area (Å²) in [5, 5.41) is 8.82. The van der Waals surface area contributed by atoms with E-state index in [1.54, 1.807) is 12.2 Å². The summed E-state index contributed by atoms with van der Waals surface area (Å²) in [4.78, 5) is 10.7. The molecule has 0 aromatic heterocycles. The standard InChI is InChI=1S/C13H12O2/c1-2-6-12(13(14)15)10-9-11-7-4-3-5-8-11/h2-10H,1H2,(H,14,15). The number of carbonyl (C=O) groups is 1. The van der Waals surface area contributed by atoms with E-state index in [-0.39, 0.29) is 5.57 Å². The Labute approximate surface area is 88.9 Å². The number of hydrogen-bond acceptors (Lipinski definition) is 1. The van der Waals surface area contributed by atoms with Crippen molar-refractivity contribution >= 4 is 12.0 Å². The van der Waals surface area contributed by atoms with Crippen molar-refractivity contribution in [3.63, 3.8) is 0 Å². The quantitative estimate of drug-likeness (QED) is 0.599. The van der Waals surface area contributed by atoms with Crippen molar-refractivity contribution in [2.45, 2.75) is 0 Å². The first-order valence-electron chi connectivity index (χ1n) is 4.53. The molecule has 0 aliphatic rings. The van der Waals surface area contributed by atoms with Crippen LogP contribution in [-0.2, 0) is 4.79 Å². The van der Waals surface area contributed by atoms with Crippen molar-refractivity contribution in [2.24, 2.45) is 0 Å². The summed E-state index contributed by atoms with van der Waals surface area (Å²) in [6.07, 6.45) is 6.23. The molecule has 0 saturated heterocycles. The number of rotatable bonds is 4. The maximum Gasteiger partial charge on any atom is 0.335 e. The highest BCUT2D eigenvalue weighted by atomic mass is 16.4. The van der Waals surface area contributed by atoms with Crippen LogP contribution in [0, 0.1) is 0 Å². The first-order valence-corrected chi connectivity index (χ1v) is 4.53. The highest BCUT2D eigenvalue weighted by Gasteiger charge is 2.00. The molecule has 1 rings (SSSR count). The van der Waals surface area contributed by atoms with Crippen LogP contribution in [0.15, 0.2) is 60.7 Å². The zero-order valence-corrected chi connectivity index (χ0v) is 8.26. The van der Waals surface area contributed by atoms with Crippen LogP contribution in [0.4, 0.5) is 0 Å². The third-order valence-electron chi connectivity index (χ3n) is 1.80. The Hall–Kier alpha value is -2.09. The lowest BCUT2D eigenvalue weighted by molar-refractivity contribution is -0.132. The molecule has 1 aromatic carbocycles. The number of carboxylic acids is 1. The van der Waals surface area contributed by atoms with Gasteiger partial charge in [0.25, 0.3) is 0 Å². The fourth-order valence-electron chi connectivity index (χ4n) is 1.08. The van der Waals surface area contributed by atoms with Gasteiger partial charge in [-0.2, -0.15) is 0 Å². The van der Waals surface area contributed by atoms with Crippen LogP contribution in [0.2, 0.25) is 0 Å². The summed E-state index contributed by atoms with van der Waals surface area (Å²) in [6, 6.07) is 9.53. The van der Waals surface area contributed by atoms with Crippen LogP contribution in [0.1, 0.15) is 5.56 Å². The van der Waals surface area contributed by atoms with Gasteiger partial charge in [0.15, 0.2) is 0 Å². The Morgan fingerprint density at radius 3 is 2.47 bits per heavy atom. The van der Waals surface area contributed by atoms with Crippen LogP contribution >= 0.6 is 0 Å². The van der Waals surface area contributed by atoms with E-state index < -0.39 is 5.97 Å². The van der Waals surface area contributed by atoms with E-state index in [4.69, 9.17) is 5.11 Å². The van der Waals surface area contributed by atoms with Crippen molar-refractivity contribution in [3.8, 4) is 0 Å². The Bertz CT molecular complexity index is 400. The van der Waals surface area contributed by atoms with Crippen molar-refractivity contribution in [1.82, 2.24) is 0 Å². The van der Waals surface area contributed by atoms with Crippen LogP contribution in [0.25, 0.3) is 6.08 Å². The van der Waals surface area contributed by atoms with Gasteiger partial charge in [-0.15, -0.1) is 0 Å². The van der Waals surface area contributed by atoms with E-state index in [0.717, 1.165) is 5.56 Å². The summed E-state index contributed by atoms with van der Waals surface area (Å²) in [5.41, 5.74) is 1.18. The molecule has 0 bridgehead atoms. The predicted octanol–water partition coefficient (Wildman–Crippen LogP) is 2.90. The average molecular weight is 200 g/mol. The first-order chi connectivity index (χ1) is 7.24. The van der Waals surface area contributed by atoms with Crippen LogP contribution in [0.3, 0.4) is 0 Å². The third-order valence-corrected chi connectivity index (χ3v) is 1.80. The van der Waals surface area contributed by atoms with Gasteiger partial charge >= 0.3 is 5.97 Å². The van der Waals surface area contributed by atoms with E-state index in [9.17, 15) is 4.79 Å². The van der Waals surface area contributed by atoms with Gasteiger partial charge in [-0.25, -0.2) is 4.79 Å². The minimum absolute atomic E-state index is 0.217. The lowest BCUT2D eigenvalue weighted by Crippen LogP contribution is -1.96. The molecule has 0 spiro atoms. The normalized spacial score (nSPS) is 11.6. The molecular formula is C13H12O2. The number of benzene rings is 1. The fraction of sp³-hybridized carbons (Fsp3) is 0. The SMILES string of the molecule is C=CC=C(C=Cc1ccccc1)C(=O)O. The molecular weight excluding hydrogens is 188 g/mol. The number of hydrogen-bond donors (Lipinski definition) is 1. The minimum Gasteiger partial charge on any atom is -0.478 e. The molecule has 2 nitrogen and oxygen atoms in total. The molecule has 0 radical (unpaired) electrons. The molecule has 0 atom stereocenters. The topological polar surface area (TPSA) is 37.3 Å². The summed E-state index contributed by atoms with van der Waals surface area (Å²) < 4.78 is 0. The van der Waals surface area contributed by atoms with Gasteiger partial charge in [0, 0.05) is 0 Å². The van der Waals surface area contributed by atoms with Crippen LogP contribution in [-0.4, -0.2) is 11.1 Å². The summed E-state index contributed by atoms with van der Waals surface area (Å²) in [5.74, 6) is -0.956. The Morgan fingerprint density at radius 2 is 1.93 bits per heavy atom. The molecule has 1 aromatic rings. The first kappa shape index (κ1) is 11.0. The second kappa shape index (κ2) is 5.60. The van der Waals surface area contributed by atoms with Gasteiger partial charge in [0.2, 0.25) is 0 Å². The molecule has 0 unspecified atom stereocenters. The average Bonchev–Trinajstić information content (AvgIpc) is 2.25. The highest BCUT2D eigenvalue weighted by molar-refractivity contribution is 5.91. The Morgan fingerprint density at radius 1 is 1.27 bits per heavy atom. The van der Waals surface area contributed by atoms with Crippen LogP contribution in [0.5, 0.6) is 0 Å². The summed E-state index contributed by atoms with van der Waals surface area (Å²) in [6.45, 7) is 3.46. The van der Waals surface area contributed by atoms with Crippen LogP contribution < -0.4 is 0 Å². The molecule has 0 aliphatic heterocycles. The van der Waals surface area contributed by atoms with Crippen molar-refractivity contribution in [1.29, 1.82) is 0 Å². The van der Waals surface area contributed by atoms with Crippen molar-refractivity contribution < 1.29 is 9.90 Å². The van der Waals surface area contributed by atoms with Gasteiger partial charge in [-0.05, 0) is 17.7 Å². The molecule has 0 amide bonds. The zero-order valence-electron chi connectivity index (χ0n) is 8.26. The van der Waals surface area contributed by atoms with E-state index in [2.05, 4.69) is 6.58 Å². The molecule has 2 heteroatoms. The number of aliphatic carboxylic acids is 1. The highest BCUT2D eigenvalue weighted by Crippen LogP contribution is 2.05.